The first-order valence-electron chi connectivity index (χ1n) is 3.14. The third kappa shape index (κ3) is 1.68. The highest BCUT2D eigenvalue weighted by Gasteiger charge is 2.34. The summed E-state index contributed by atoms with van der Waals surface area (Å²) in [5.74, 6) is -0.314. The molecule has 0 amide bonds. The number of carbonyl (C=O) groups is 1. The Labute approximate surface area is 73.3 Å². The van der Waals surface area contributed by atoms with Crippen molar-refractivity contribution in [3.05, 3.63) is 12.2 Å². The minimum atomic E-state index is -0.740. The highest BCUT2D eigenvalue weighted by atomic mass is 79.9. The van der Waals surface area contributed by atoms with Gasteiger partial charge in [-0.25, -0.2) is 0 Å². The number of dihydropyridines is 1. The number of methoxy groups -OCH3 is 1. The van der Waals surface area contributed by atoms with Gasteiger partial charge in [0.2, 0.25) is 0 Å². The van der Waals surface area contributed by atoms with E-state index in [4.69, 9.17) is 0 Å². The summed E-state index contributed by atoms with van der Waals surface area (Å²) in [5, 5.41) is 0. The minimum absolute atomic E-state index is 0.314. The fourth-order valence-electron chi connectivity index (χ4n) is 0.797. The molecule has 1 aliphatic heterocycles. The van der Waals surface area contributed by atoms with E-state index >= 15 is 0 Å². The van der Waals surface area contributed by atoms with Crippen LogP contribution in [0.5, 0.6) is 0 Å². The van der Waals surface area contributed by atoms with Gasteiger partial charge < -0.3 is 4.74 Å². The van der Waals surface area contributed by atoms with Crippen LogP contribution in [0, 0.1) is 0 Å². The second-order valence-corrected chi connectivity index (χ2v) is 3.62. The number of rotatable bonds is 1. The predicted molar refractivity (Wildman–Crippen MR) is 46.2 cm³/mol. The smallest absolute Gasteiger partial charge is 0.328 e. The molecule has 0 aliphatic carbocycles. The zero-order chi connectivity index (χ0) is 8.32. The van der Waals surface area contributed by atoms with Gasteiger partial charge in [0, 0.05) is 6.21 Å². The molecule has 0 aromatic carbocycles. The number of aliphatic imine (C=N–C) groups is 1. The van der Waals surface area contributed by atoms with Gasteiger partial charge in [0.05, 0.1) is 13.7 Å². The van der Waals surface area contributed by atoms with E-state index in [1.807, 2.05) is 0 Å². The maximum atomic E-state index is 11.1. The third-order valence-corrected chi connectivity index (χ3v) is 2.24. The van der Waals surface area contributed by atoms with E-state index in [-0.39, 0.29) is 5.97 Å². The normalized spacial score (nSPS) is 28.5. The monoisotopic (exact) mass is 217 g/mol. The number of ether oxygens (including phenoxy) is 1. The van der Waals surface area contributed by atoms with Crippen LogP contribution in [-0.4, -0.2) is 30.2 Å². The summed E-state index contributed by atoms with van der Waals surface area (Å²) in [6.07, 6.45) is 5.10. The number of hydrogen-bond donors (Lipinski definition) is 0. The maximum Gasteiger partial charge on any atom is 0.328 e. The van der Waals surface area contributed by atoms with Gasteiger partial charge in [-0.05, 0) is 6.08 Å². The molecule has 0 spiro atoms. The van der Waals surface area contributed by atoms with Gasteiger partial charge in [0.15, 0.2) is 4.32 Å². The first-order chi connectivity index (χ1) is 5.19. The SMILES string of the molecule is COC(=O)C1(Br)C=CC=NC1. The third-order valence-electron chi connectivity index (χ3n) is 1.40. The van der Waals surface area contributed by atoms with Gasteiger partial charge in [-0.3, -0.25) is 9.79 Å². The van der Waals surface area contributed by atoms with E-state index < -0.39 is 4.32 Å². The summed E-state index contributed by atoms with van der Waals surface area (Å²) in [6.45, 7) is 0.399. The average Bonchev–Trinajstić information content (AvgIpc) is 2.04. The molecule has 4 heteroatoms. The van der Waals surface area contributed by atoms with Crippen molar-refractivity contribution in [2.45, 2.75) is 4.32 Å². The molecule has 0 radical (unpaired) electrons. The van der Waals surface area contributed by atoms with Crippen LogP contribution in [0.3, 0.4) is 0 Å². The Morgan fingerprint density at radius 2 is 2.55 bits per heavy atom. The van der Waals surface area contributed by atoms with Gasteiger partial charge in [-0.1, -0.05) is 22.0 Å². The van der Waals surface area contributed by atoms with Gasteiger partial charge >= 0.3 is 5.97 Å². The van der Waals surface area contributed by atoms with E-state index in [9.17, 15) is 4.79 Å². The second-order valence-electron chi connectivity index (χ2n) is 2.20. The van der Waals surface area contributed by atoms with Crippen molar-refractivity contribution in [1.82, 2.24) is 0 Å². The fraction of sp³-hybridized carbons (Fsp3) is 0.429. The van der Waals surface area contributed by atoms with Crippen molar-refractivity contribution in [2.75, 3.05) is 13.7 Å². The number of halogens is 1. The quantitative estimate of drug-likeness (QED) is 0.485. The van der Waals surface area contributed by atoms with E-state index in [0.29, 0.717) is 6.54 Å². The first-order valence-corrected chi connectivity index (χ1v) is 3.93. The number of esters is 1. The van der Waals surface area contributed by atoms with Gasteiger partial charge in [0.25, 0.3) is 0 Å². The number of alkyl halides is 1. The fourth-order valence-corrected chi connectivity index (χ4v) is 1.26. The Kier molecular flexibility index (Phi) is 2.44. The number of carbonyl (C=O) groups excluding carboxylic acids is 1. The van der Waals surface area contributed by atoms with E-state index in [2.05, 4.69) is 25.7 Å². The Morgan fingerprint density at radius 1 is 1.82 bits per heavy atom. The molecule has 1 heterocycles. The molecule has 11 heavy (non-hydrogen) atoms. The van der Waals surface area contributed by atoms with Crippen molar-refractivity contribution < 1.29 is 9.53 Å². The highest BCUT2D eigenvalue weighted by molar-refractivity contribution is 9.10. The molecule has 0 fully saturated rings. The highest BCUT2D eigenvalue weighted by Crippen LogP contribution is 2.23. The van der Waals surface area contributed by atoms with Crippen molar-refractivity contribution in [3.8, 4) is 0 Å². The van der Waals surface area contributed by atoms with Crippen LogP contribution in [0.15, 0.2) is 17.1 Å². The van der Waals surface area contributed by atoms with Crippen molar-refractivity contribution >= 4 is 28.1 Å². The minimum Gasteiger partial charge on any atom is -0.468 e. The lowest BCUT2D eigenvalue weighted by Crippen LogP contribution is -2.35. The van der Waals surface area contributed by atoms with Crippen LogP contribution < -0.4 is 0 Å². The van der Waals surface area contributed by atoms with E-state index in [1.54, 1.807) is 18.4 Å². The summed E-state index contributed by atoms with van der Waals surface area (Å²) in [7, 11) is 1.36. The van der Waals surface area contributed by atoms with Crippen molar-refractivity contribution in [2.24, 2.45) is 4.99 Å². The summed E-state index contributed by atoms with van der Waals surface area (Å²) in [4.78, 5) is 15.0. The molecular formula is C7H8BrNO2. The van der Waals surface area contributed by atoms with Gasteiger partial charge in [-0.15, -0.1) is 0 Å². The molecule has 1 atom stereocenters. The molecule has 3 nitrogen and oxygen atoms in total. The molecule has 0 N–H and O–H groups in total. The molecule has 60 valence electrons. The lowest BCUT2D eigenvalue weighted by molar-refractivity contribution is -0.141. The molecule has 0 saturated heterocycles. The van der Waals surface area contributed by atoms with E-state index in [0.717, 1.165) is 0 Å². The molecule has 1 aliphatic rings. The molecular weight excluding hydrogens is 210 g/mol. The largest absolute Gasteiger partial charge is 0.468 e. The van der Waals surface area contributed by atoms with Crippen LogP contribution in [0.1, 0.15) is 0 Å². The van der Waals surface area contributed by atoms with Crippen LogP contribution in [0.25, 0.3) is 0 Å². The number of allylic oxidation sites excluding steroid dienone is 1. The van der Waals surface area contributed by atoms with Gasteiger partial charge in [0.1, 0.15) is 0 Å². The Hall–Kier alpha value is -0.640. The Morgan fingerprint density at radius 3 is 3.00 bits per heavy atom. The summed E-state index contributed by atoms with van der Waals surface area (Å²) < 4.78 is 3.84. The zero-order valence-corrected chi connectivity index (χ0v) is 7.67. The van der Waals surface area contributed by atoms with Crippen LogP contribution >= 0.6 is 15.9 Å². The molecule has 0 aromatic heterocycles. The van der Waals surface area contributed by atoms with Crippen LogP contribution in [0.4, 0.5) is 0 Å². The van der Waals surface area contributed by atoms with Crippen molar-refractivity contribution in [1.29, 1.82) is 0 Å². The molecule has 0 saturated carbocycles. The number of nitrogens with zero attached hydrogens (tertiary/aromatic N) is 1. The second kappa shape index (κ2) is 3.17. The zero-order valence-electron chi connectivity index (χ0n) is 6.08. The Balaban J connectivity index is 2.75. The van der Waals surface area contributed by atoms with Crippen molar-refractivity contribution in [3.63, 3.8) is 0 Å². The molecule has 1 unspecified atom stereocenters. The summed E-state index contributed by atoms with van der Waals surface area (Å²) in [6, 6.07) is 0. The predicted octanol–water partition coefficient (Wildman–Crippen LogP) is 0.934. The lowest BCUT2D eigenvalue weighted by atomic mass is 10.1. The first kappa shape index (κ1) is 8.46. The maximum absolute atomic E-state index is 11.1. The number of hydrogen-bond acceptors (Lipinski definition) is 3. The Bertz CT molecular complexity index is 224. The van der Waals surface area contributed by atoms with Gasteiger partial charge in [-0.2, -0.15) is 0 Å². The van der Waals surface area contributed by atoms with Crippen LogP contribution in [0.2, 0.25) is 0 Å². The molecule has 0 aromatic rings. The topological polar surface area (TPSA) is 38.7 Å². The average molecular weight is 218 g/mol. The lowest BCUT2D eigenvalue weighted by Gasteiger charge is -2.19. The summed E-state index contributed by atoms with van der Waals surface area (Å²) in [5.41, 5.74) is 0. The molecule has 0 bridgehead atoms. The standard InChI is InChI=1S/C7H8BrNO2/c1-11-6(10)7(8)3-2-4-9-5-7/h2-4H,5H2,1H3. The van der Waals surface area contributed by atoms with Crippen LogP contribution in [-0.2, 0) is 9.53 Å². The summed E-state index contributed by atoms with van der Waals surface area (Å²) >= 11 is 3.25. The molecule has 1 rings (SSSR count). The van der Waals surface area contributed by atoms with E-state index in [1.165, 1.54) is 7.11 Å².